The van der Waals surface area contributed by atoms with Gasteiger partial charge in [0.1, 0.15) is 11.4 Å². The molecule has 1 aliphatic heterocycles. The van der Waals surface area contributed by atoms with Crippen LogP contribution in [-0.4, -0.2) is 20.4 Å². The standard InChI is InChI=1S/C35H33N3O2/c1-24-13-17-26(18-14-24)21-31-32-36-30-12-8-7-11-29(30)33(39)38(32)35(3,22-27-19-15-25(2)16-20-27)34(40)37(31)23-28-9-5-4-6-10-28/h4-20,31H,21-23H2,1-3H3/t31-,35+/m0/s1. The monoisotopic (exact) mass is 527 g/mol. The number of carbonyl (C=O) groups is 1. The second-order valence-electron chi connectivity index (χ2n) is 11.2. The number of para-hydroxylation sites is 1. The normalized spacial score (nSPS) is 18.6. The zero-order valence-corrected chi connectivity index (χ0v) is 23.2. The van der Waals surface area contributed by atoms with Gasteiger partial charge < -0.3 is 4.90 Å². The Hall–Kier alpha value is -4.51. The molecule has 5 aromatic rings. The molecule has 5 nitrogen and oxygen atoms in total. The van der Waals surface area contributed by atoms with Gasteiger partial charge in [-0.1, -0.05) is 102 Å². The van der Waals surface area contributed by atoms with E-state index >= 15 is 0 Å². The van der Waals surface area contributed by atoms with E-state index in [1.165, 1.54) is 5.56 Å². The zero-order valence-electron chi connectivity index (χ0n) is 23.2. The highest BCUT2D eigenvalue weighted by molar-refractivity contribution is 5.87. The van der Waals surface area contributed by atoms with Crippen LogP contribution in [0.1, 0.15) is 46.6 Å². The van der Waals surface area contributed by atoms with Crippen LogP contribution in [0.2, 0.25) is 0 Å². The van der Waals surface area contributed by atoms with E-state index in [0.717, 1.165) is 22.3 Å². The molecule has 0 spiro atoms. The van der Waals surface area contributed by atoms with E-state index in [9.17, 15) is 9.59 Å². The predicted octanol–water partition coefficient (Wildman–Crippen LogP) is 6.30. The van der Waals surface area contributed by atoms with Crippen molar-refractivity contribution in [3.63, 3.8) is 0 Å². The van der Waals surface area contributed by atoms with Gasteiger partial charge in [0.25, 0.3) is 5.56 Å². The first-order chi connectivity index (χ1) is 19.3. The molecule has 0 unspecified atom stereocenters. The van der Waals surface area contributed by atoms with E-state index in [4.69, 9.17) is 4.98 Å². The fourth-order valence-corrected chi connectivity index (χ4v) is 5.91. The number of nitrogens with zero attached hydrogens (tertiary/aromatic N) is 3. The minimum absolute atomic E-state index is 0.0688. The van der Waals surface area contributed by atoms with Crippen LogP contribution in [0, 0.1) is 13.8 Å². The van der Waals surface area contributed by atoms with Gasteiger partial charge in [0.15, 0.2) is 0 Å². The molecule has 4 aromatic carbocycles. The summed E-state index contributed by atoms with van der Waals surface area (Å²) in [6, 6.07) is 33.7. The fourth-order valence-electron chi connectivity index (χ4n) is 5.91. The van der Waals surface area contributed by atoms with Crippen LogP contribution in [0.3, 0.4) is 0 Å². The molecule has 1 aromatic heterocycles. The number of benzene rings is 4. The van der Waals surface area contributed by atoms with Crippen molar-refractivity contribution in [1.29, 1.82) is 0 Å². The number of aryl methyl sites for hydroxylation is 2. The lowest BCUT2D eigenvalue weighted by atomic mass is 9.85. The largest absolute Gasteiger partial charge is 0.326 e. The summed E-state index contributed by atoms with van der Waals surface area (Å²) in [6.07, 6.45) is 0.950. The molecule has 40 heavy (non-hydrogen) atoms. The maximum Gasteiger partial charge on any atom is 0.262 e. The Balaban J connectivity index is 1.58. The van der Waals surface area contributed by atoms with Crippen molar-refractivity contribution >= 4 is 16.8 Å². The summed E-state index contributed by atoms with van der Waals surface area (Å²) in [5.41, 5.74) is 4.81. The molecular formula is C35H33N3O2. The van der Waals surface area contributed by atoms with Crippen LogP contribution < -0.4 is 5.56 Å². The summed E-state index contributed by atoms with van der Waals surface area (Å²) >= 11 is 0. The van der Waals surface area contributed by atoms with E-state index in [1.54, 1.807) is 10.6 Å². The van der Waals surface area contributed by atoms with Crippen LogP contribution in [0.15, 0.2) is 108 Å². The van der Waals surface area contributed by atoms with Gasteiger partial charge in [-0.15, -0.1) is 0 Å². The smallest absolute Gasteiger partial charge is 0.262 e. The Labute approximate surface area is 234 Å². The van der Waals surface area contributed by atoms with Gasteiger partial charge in [0.2, 0.25) is 5.91 Å². The van der Waals surface area contributed by atoms with Crippen molar-refractivity contribution < 1.29 is 4.79 Å². The van der Waals surface area contributed by atoms with Gasteiger partial charge in [-0.05, 0) is 49.6 Å². The fraction of sp³-hybridized carbons (Fsp3) is 0.229. The molecule has 1 aliphatic rings. The molecule has 0 fully saturated rings. The van der Waals surface area contributed by atoms with Crippen LogP contribution in [0.5, 0.6) is 0 Å². The summed E-state index contributed by atoms with van der Waals surface area (Å²) in [4.78, 5) is 36.1. The Morgan fingerprint density at radius 1 is 0.725 bits per heavy atom. The molecular weight excluding hydrogens is 494 g/mol. The van der Waals surface area contributed by atoms with Gasteiger partial charge >= 0.3 is 0 Å². The Morgan fingerprint density at radius 3 is 2.00 bits per heavy atom. The molecule has 200 valence electrons. The van der Waals surface area contributed by atoms with E-state index < -0.39 is 11.6 Å². The van der Waals surface area contributed by atoms with Gasteiger partial charge in [-0.2, -0.15) is 0 Å². The quantitative estimate of drug-likeness (QED) is 0.261. The van der Waals surface area contributed by atoms with Crippen LogP contribution in [0.4, 0.5) is 0 Å². The average molecular weight is 528 g/mol. The number of carbonyl (C=O) groups excluding carboxylic acids is 1. The molecule has 0 radical (unpaired) electrons. The minimum Gasteiger partial charge on any atom is -0.326 e. The highest BCUT2D eigenvalue weighted by Gasteiger charge is 2.49. The molecule has 0 bridgehead atoms. The van der Waals surface area contributed by atoms with Crippen molar-refractivity contribution in [2.24, 2.45) is 0 Å². The second kappa shape index (κ2) is 10.2. The molecule has 2 heterocycles. The van der Waals surface area contributed by atoms with Crippen molar-refractivity contribution in [2.75, 3.05) is 0 Å². The van der Waals surface area contributed by atoms with Crippen LogP contribution >= 0.6 is 0 Å². The lowest BCUT2D eigenvalue weighted by molar-refractivity contribution is -0.147. The van der Waals surface area contributed by atoms with Gasteiger partial charge in [0, 0.05) is 19.4 Å². The van der Waals surface area contributed by atoms with Gasteiger partial charge in [-0.3, -0.25) is 14.2 Å². The third-order valence-corrected chi connectivity index (χ3v) is 8.11. The average Bonchev–Trinajstić information content (AvgIpc) is 2.96. The third kappa shape index (κ3) is 4.62. The lowest BCUT2D eigenvalue weighted by Gasteiger charge is -2.46. The molecule has 5 heteroatoms. The minimum atomic E-state index is -1.14. The number of hydrogen-bond donors (Lipinski definition) is 0. The van der Waals surface area contributed by atoms with Crippen LogP contribution in [0.25, 0.3) is 10.9 Å². The van der Waals surface area contributed by atoms with E-state index in [0.29, 0.717) is 36.1 Å². The maximum atomic E-state index is 14.8. The summed E-state index contributed by atoms with van der Waals surface area (Å²) in [5, 5.41) is 0.528. The number of fused-ring (bicyclic) bond motifs is 2. The molecule has 0 aliphatic carbocycles. The summed E-state index contributed by atoms with van der Waals surface area (Å²) < 4.78 is 1.71. The number of rotatable bonds is 6. The molecule has 0 saturated carbocycles. The SMILES string of the molecule is Cc1ccc(C[C@H]2c3nc4ccccc4c(=O)n3[C@](C)(Cc3ccc(C)cc3)C(=O)N2Cc2ccccc2)cc1. The van der Waals surface area contributed by atoms with Crippen LogP contribution in [-0.2, 0) is 29.7 Å². The Morgan fingerprint density at radius 2 is 1.32 bits per heavy atom. The molecule has 6 rings (SSSR count). The highest BCUT2D eigenvalue weighted by Crippen LogP contribution is 2.39. The number of amides is 1. The van der Waals surface area contributed by atoms with E-state index in [2.05, 4.69) is 43.3 Å². The van der Waals surface area contributed by atoms with Crippen molar-refractivity contribution in [1.82, 2.24) is 14.5 Å². The van der Waals surface area contributed by atoms with E-state index in [-0.39, 0.29) is 11.5 Å². The lowest BCUT2D eigenvalue weighted by Crippen LogP contribution is -2.60. The molecule has 0 N–H and O–H groups in total. The summed E-state index contributed by atoms with van der Waals surface area (Å²) in [6.45, 7) is 6.44. The molecule has 0 saturated heterocycles. The molecule has 2 atom stereocenters. The van der Waals surface area contributed by atoms with Crippen molar-refractivity contribution in [3.05, 3.63) is 147 Å². The molecule has 1 amide bonds. The maximum absolute atomic E-state index is 14.8. The first-order valence-corrected chi connectivity index (χ1v) is 13.8. The third-order valence-electron chi connectivity index (χ3n) is 8.11. The first-order valence-electron chi connectivity index (χ1n) is 13.8. The second-order valence-corrected chi connectivity index (χ2v) is 11.2. The predicted molar refractivity (Wildman–Crippen MR) is 159 cm³/mol. The van der Waals surface area contributed by atoms with E-state index in [1.807, 2.05) is 79.4 Å². The first kappa shape index (κ1) is 25.8. The summed E-state index contributed by atoms with van der Waals surface area (Å²) in [7, 11) is 0. The highest BCUT2D eigenvalue weighted by atomic mass is 16.2. The topological polar surface area (TPSA) is 55.2 Å². The summed E-state index contributed by atoms with van der Waals surface area (Å²) in [5.74, 6) is 0.565. The number of aromatic nitrogens is 2. The zero-order chi connectivity index (χ0) is 27.9. The van der Waals surface area contributed by atoms with Crippen molar-refractivity contribution in [3.8, 4) is 0 Å². The Kier molecular flexibility index (Phi) is 6.59. The number of hydrogen-bond acceptors (Lipinski definition) is 3. The van der Waals surface area contributed by atoms with Gasteiger partial charge in [-0.25, -0.2) is 4.98 Å². The van der Waals surface area contributed by atoms with Gasteiger partial charge in [0.05, 0.1) is 16.9 Å². The Bertz CT molecular complexity index is 1740. The van der Waals surface area contributed by atoms with Crippen molar-refractivity contribution in [2.45, 2.75) is 51.7 Å².